The number of nitrogens with one attached hydrogen (secondary N) is 1. The second-order valence-electron chi connectivity index (χ2n) is 9.98. The zero-order chi connectivity index (χ0) is 26.5. The number of amidine groups is 1. The third-order valence-electron chi connectivity index (χ3n) is 7.45. The summed E-state index contributed by atoms with van der Waals surface area (Å²) in [6, 6.07) is 36.2. The van der Waals surface area contributed by atoms with E-state index in [4.69, 9.17) is 15.1 Å². The van der Waals surface area contributed by atoms with Crippen molar-refractivity contribution in [3.05, 3.63) is 139 Å². The largest absolute Gasteiger partial charge is 0.265 e. The fourth-order valence-electron chi connectivity index (χ4n) is 5.47. The molecule has 1 N–H and O–H groups in total. The van der Waals surface area contributed by atoms with Gasteiger partial charge in [0.15, 0.2) is 11.5 Å². The van der Waals surface area contributed by atoms with Crippen LogP contribution in [0, 0.1) is 0 Å². The smallest absolute Gasteiger partial charge is 0.182 e. The molecule has 0 aliphatic carbocycles. The topological polar surface area (TPSA) is 57.8 Å². The van der Waals surface area contributed by atoms with Crippen LogP contribution in [0.3, 0.4) is 0 Å². The first-order valence-electron chi connectivity index (χ1n) is 13.3. The van der Waals surface area contributed by atoms with Crippen molar-refractivity contribution < 1.29 is 0 Å². The molecule has 0 saturated heterocycles. The summed E-state index contributed by atoms with van der Waals surface area (Å²) in [5, 5.41) is 9.21. The number of aliphatic imine (C=N–C) groups is 1. The van der Waals surface area contributed by atoms with Crippen molar-refractivity contribution in [3.8, 4) is 33.6 Å². The van der Waals surface area contributed by atoms with Crippen LogP contribution in [-0.2, 0) is 0 Å². The van der Waals surface area contributed by atoms with Crippen LogP contribution >= 0.6 is 0 Å². The van der Waals surface area contributed by atoms with Crippen LogP contribution in [0.2, 0.25) is 0 Å². The minimum Gasteiger partial charge on any atom is -0.265 e. The monoisotopic (exact) mass is 516 g/mol. The number of nitrogens with zero attached hydrogens (tertiary/aromatic N) is 5. The summed E-state index contributed by atoms with van der Waals surface area (Å²) in [6.07, 6.45) is 9.69. The fraction of sp³-hybridized carbons (Fsp3) is 0.0294. The Balaban J connectivity index is 1.23. The number of hydrogen-bond acceptors (Lipinski definition) is 5. The predicted molar refractivity (Wildman–Crippen MR) is 160 cm³/mol. The molecular formula is C34H24N6. The first kappa shape index (κ1) is 22.6. The van der Waals surface area contributed by atoms with Gasteiger partial charge in [0, 0.05) is 18.0 Å². The number of allylic oxidation sites excluding steroid dienone is 2. The zero-order valence-electron chi connectivity index (χ0n) is 21.5. The molecule has 0 fully saturated rings. The van der Waals surface area contributed by atoms with Crippen molar-refractivity contribution in [3.63, 3.8) is 0 Å². The van der Waals surface area contributed by atoms with Crippen LogP contribution in [-0.4, -0.2) is 25.4 Å². The van der Waals surface area contributed by atoms with Gasteiger partial charge in [-0.15, -0.1) is 5.10 Å². The molecule has 0 radical (unpaired) electrons. The van der Waals surface area contributed by atoms with Crippen molar-refractivity contribution >= 4 is 22.3 Å². The molecule has 0 saturated carbocycles. The van der Waals surface area contributed by atoms with Gasteiger partial charge in [-0.3, -0.25) is 5.01 Å². The van der Waals surface area contributed by atoms with E-state index in [9.17, 15) is 0 Å². The molecule has 0 spiro atoms. The number of rotatable bonds is 4. The van der Waals surface area contributed by atoms with Gasteiger partial charge in [-0.1, -0.05) is 78.9 Å². The Morgan fingerprint density at radius 2 is 1.52 bits per heavy atom. The maximum absolute atomic E-state index is 4.92. The molecule has 190 valence electrons. The van der Waals surface area contributed by atoms with Crippen LogP contribution in [0.5, 0.6) is 0 Å². The van der Waals surface area contributed by atoms with E-state index in [-0.39, 0.29) is 6.17 Å². The molecule has 6 heteroatoms. The number of benzene rings is 4. The Hall–Kier alpha value is -5.33. The molecule has 40 heavy (non-hydrogen) atoms. The molecule has 6 nitrogen and oxygen atoms in total. The van der Waals surface area contributed by atoms with Crippen LogP contribution < -0.4 is 5.43 Å². The van der Waals surface area contributed by atoms with E-state index < -0.39 is 0 Å². The summed E-state index contributed by atoms with van der Waals surface area (Å²) in [4.78, 5) is 9.73. The van der Waals surface area contributed by atoms with E-state index in [0.29, 0.717) is 5.82 Å². The maximum Gasteiger partial charge on any atom is 0.182 e. The summed E-state index contributed by atoms with van der Waals surface area (Å²) in [6.45, 7) is 0. The highest BCUT2D eigenvalue weighted by Gasteiger charge is 2.25. The van der Waals surface area contributed by atoms with E-state index in [1.54, 1.807) is 0 Å². The van der Waals surface area contributed by atoms with Crippen molar-refractivity contribution in [1.29, 1.82) is 0 Å². The van der Waals surface area contributed by atoms with Crippen LogP contribution in [0.15, 0.2) is 139 Å². The molecule has 4 aromatic carbocycles. The fourth-order valence-corrected chi connectivity index (χ4v) is 5.47. The van der Waals surface area contributed by atoms with Crippen molar-refractivity contribution in [1.82, 2.24) is 25.0 Å². The van der Waals surface area contributed by atoms with Gasteiger partial charge in [-0.2, -0.15) is 0 Å². The van der Waals surface area contributed by atoms with Gasteiger partial charge >= 0.3 is 0 Å². The number of hydrazine groups is 1. The van der Waals surface area contributed by atoms with Crippen molar-refractivity contribution in [2.45, 2.75) is 6.17 Å². The van der Waals surface area contributed by atoms with Crippen molar-refractivity contribution in [2.24, 2.45) is 4.99 Å². The van der Waals surface area contributed by atoms with E-state index in [0.717, 1.165) is 33.7 Å². The van der Waals surface area contributed by atoms with Gasteiger partial charge in [-0.05, 0) is 81.1 Å². The molecule has 4 heterocycles. The minimum absolute atomic E-state index is 0.215. The SMILES string of the molecule is C1=CC2=NC(c3cc(-c4ccc(-c5cccc6ccccc56)cc4)cc(-c4nc5ccccn5n4)c3)NN2C=C1. The Bertz CT molecular complexity index is 1960. The summed E-state index contributed by atoms with van der Waals surface area (Å²) >= 11 is 0. The van der Waals surface area contributed by atoms with Gasteiger partial charge in [0.2, 0.25) is 0 Å². The average molecular weight is 517 g/mol. The van der Waals surface area contributed by atoms with E-state index in [1.165, 1.54) is 21.9 Å². The first-order chi connectivity index (χ1) is 19.8. The second-order valence-corrected chi connectivity index (χ2v) is 9.98. The summed E-state index contributed by atoms with van der Waals surface area (Å²) < 4.78 is 1.81. The number of fused-ring (bicyclic) bond motifs is 3. The molecule has 8 rings (SSSR count). The highest BCUT2D eigenvalue weighted by molar-refractivity contribution is 5.97. The van der Waals surface area contributed by atoms with E-state index in [2.05, 4.69) is 90.4 Å². The Morgan fingerprint density at radius 3 is 2.42 bits per heavy atom. The number of hydrogen-bond donors (Lipinski definition) is 1. The number of aromatic nitrogens is 3. The molecule has 1 atom stereocenters. The van der Waals surface area contributed by atoms with Gasteiger partial charge in [-0.25, -0.2) is 19.9 Å². The Labute approximate surface area is 231 Å². The van der Waals surface area contributed by atoms with E-state index in [1.807, 2.05) is 58.3 Å². The van der Waals surface area contributed by atoms with Gasteiger partial charge in [0.1, 0.15) is 12.0 Å². The average Bonchev–Trinajstić information content (AvgIpc) is 3.66. The summed E-state index contributed by atoms with van der Waals surface area (Å²) in [7, 11) is 0. The maximum atomic E-state index is 4.92. The van der Waals surface area contributed by atoms with Gasteiger partial charge in [0.25, 0.3) is 0 Å². The molecule has 0 bridgehead atoms. The quantitative estimate of drug-likeness (QED) is 0.270. The van der Waals surface area contributed by atoms with Gasteiger partial charge < -0.3 is 0 Å². The summed E-state index contributed by atoms with van der Waals surface area (Å²) in [5.74, 6) is 1.58. The molecular weight excluding hydrogens is 492 g/mol. The Kier molecular flexibility index (Phi) is 5.18. The van der Waals surface area contributed by atoms with E-state index >= 15 is 0 Å². The summed E-state index contributed by atoms with van der Waals surface area (Å²) in [5.41, 5.74) is 10.9. The highest BCUT2D eigenvalue weighted by Crippen LogP contribution is 2.34. The lowest BCUT2D eigenvalue weighted by molar-refractivity contribution is 0.387. The third kappa shape index (κ3) is 3.90. The molecule has 0 amide bonds. The molecule has 2 aliphatic heterocycles. The second kappa shape index (κ2) is 9.15. The first-order valence-corrected chi connectivity index (χ1v) is 13.3. The standard InChI is InChI=1S/C34H24N6/c1-2-10-29-24(8-1)9-7-11-30(29)25-16-14-23(15-17-25)26-20-27(33-35-31-12-3-5-18-39(31)37-33)22-28(21-26)34-36-32-13-4-6-19-40(32)38-34/h1-22,33,37H. The lowest BCUT2D eigenvalue weighted by atomic mass is 9.94. The van der Waals surface area contributed by atoms with Crippen LogP contribution in [0.1, 0.15) is 11.7 Å². The lowest BCUT2D eigenvalue weighted by Crippen LogP contribution is -2.33. The van der Waals surface area contributed by atoms with Crippen LogP contribution in [0.25, 0.3) is 50.1 Å². The molecule has 2 aliphatic rings. The molecule has 2 aromatic heterocycles. The van der Waals surface area contributed by atoms with Gasteiger partial charge in [0.05, 0.1) is 0 Å². The third-order valence-corrected chi connectivity index (χ3v) is 7.45. The van der Waals surface area contributed by atoms with Crippen LogP contribution in [0.4, 0.5) is 0 Å². The normalized spacial score (nSPS) is 16.1. The Morgan fingerprint density at radius 1 is 0.700 bits per heavy atom. The minimum atomic E-state index is -0.215. The molecule has 1 unspecified atom stereocenters. The predicted octanol–water partition coefficient (Wildman–Crippen LogP) is 7.18. The van der Waals surface area contributed by atoms with Crippen molar-refractivity contribution in [2.75, 3.05) is 0 Å². The lowest BCUT2D eigenvalue weighted by Gasteiger charge is -2.18. The zero-order valence-corrected chi connectivity index (χ0v) is 21.5. The highest BCUT2D eigenvalue weighted by atomic mass is 15.6. The molecule has 6 aromatic rings. The number of pyridine rings is 1.